The van der Waals surface area contributed by atoms with Crippen molar-refractivity contribution in [1.82, 2.24) is 9.13 Å². The van der Waals surface area contributed by atoms with Gasteiger partial charge in [-0.1, -0.05) is 23.2 Å². The van der Waals surface area contributed by atoms with Crippen LogP contribution in [-0.2, 0) is 23.1 Å². The number of ether oxygens (including phenoxy) is 1. The molecule has 7 heteroatoms. The number of aromatic nitrogens is 2. The molecule has 2 rings (SSSR count). The molecule has 0 spiro atoms. The van der Waals surface area contributed by atoms with Gasteiger partial charge >= 0.3 is 5.97 Å². The van der Waals surface area contributed by atoms with Gasteiger partial charge in [-0.2, -0.15) is 0 Å². The topological polar surface area (TPSA) is 36.2 Å². The van der Waals surface area contributed by atoms with Gasteiger partial charge in [0.05, 0.1) is 34.1 Å². The average Bonchev–Trinajstić information content (AvgIpc) is 2.62. The van der Waals surface area contributed by atoms with Crippen LogP contribution in [0.5, 0.6) is 0 Å². The highest BCUT2D eigenvalue weighted by Gasteiger charge is 2.12. The monoisotopic (exact) mass is 332 g/mol. The number of fused-ring (bicyclic) bond motifs is 1. The number of esters is 1. The van der Waals surface area contributed by atoms with E-state index in [1.165, 1.54) is 0 Å². The van der Waals surface area contributed by atoms with Crippen LogP contribution in [0.25, 0.3) is 11.0 Å². The van der Waals surface area contributed by atoms with Gasteiger partial charge in [0.1, 0.15) is 0 Å². The maximum absolute atomic E-state index is 11.5. The van der Waals surface area contributed by atoms with Crippen LogP contribution in [0.2, 0.25) is 10.0 Å². The van der Waals surface area contributed by atoms with E-state index in [4.69, 9.17) is 40.2 Å². The second kappa shape index (κ2) is 6.16. The predicted molar refractivity (Wildman–Crippen MR) is 83.0 cm³/mol. The van der Waals surface area contributed by atoms with Gasteiger partial charge in [0.15, 0.2) is 4.77 Å². The maximum atomic E-state index is 11.5. The Labute approximate surface area is 131 Å². The normalized spacial score (nSPS) is 11.0. The van der Waals surface area contributed by atoms with Gasteiger partial charge in [-0.3, -0.25) is 4.79 Å². The molecule has 20 heavy (non-hydrogen) atoms. The van der Waals surface area contributed by atoms with Gasteiger partial charge in [0.2, 0.25) is 0 Å². The van der Waals surface area contributed by atoms with Crippen LogP contribution in [-0.4, -0.2) is 21.7 Å². The van der Waals surface area contributed by atoms with Crippen LogP contribution in [0.15, 0.2) is 12.1 Å². The van der Waals surface area contributed by atoms with Crippen molar-refractivity contribution < 1.29 is 9.53 Å². The number of rotatable bonds is 4. The van der Waals surface area contributed by atoms with Crippen molar-refractivity contribution in [2.24, 2.45) is 7.05 Å². The van der Waals surface area contributed by atoms with Crippen molar-refractivity contribution >= 4 is 52.4 Å². The first-order valence-corrected chi connectivity index (χ1v) is 7.32. The number of halogens is 2. The molecule has 0 N–H and O–H groups in total. The number of aryl methyl sites for hydroxylation is 2. The minimum Gasteiger partial charge on any atom is -0.466 e. The molecule has 0 bridgehead atoms. The zero-order chi connectivity index (χ0) is 14.9. The summed E-state index contributed by atoms with van der Waals surface area (Å²) in [6.07, 6.45) is 0.265. The fourth-order valence-corrected chi connectivity index (χ4v) is 2.65. The average molecular weight is 333 g/mol. The minimum absolute atomic E-state index is 0.244. The van der Waals surface area contributed by atoms with E-state index >= 15 is 0 Å². The molecule has 0 radical (unpaired) electrons. The molecule has 1 aromatic carbocycles. The van der Waals surface area contributed by atoms with Gasteiger partial charge in [-0.05, 0) is 31.3 Å². The van der Waals surface area contributed by atoms with Crippen LogP contribution >= 0.6 is 35.4 Å². The first-order chi connectivity index (χ1) is 9.45. The molecule has 0 saturated heterocycles. The molecule has 0 atom stereocenters. The fourth-order valence-electron chi connectivity index (χ4n) is 2.05. The van der Waals surface area contributed by atoms with E-state index in [0.717, 1.165) is 11.0 Å². The summed E-state index contributed by atoms with van der Waals surface area (Å²) in [7, 11) is 1.86. The molecular weight excluding hydrogens is 319 g/mol. The SMILES string of the molecule is CCOC(=O)CCn1c(=S)n(C)c2cc(Cl)c(Cl)cc21. The lowest BCUT2D eigenvalue weighted by Gasteiger charge is -2.05. The molecule has 0 unspecified atom stereocenters. The fraction of sp³-hybridized carbons (Fsp3) is 0.385. The second-order valence-electron chi connectivity index (χ2n) is 4.30. The van der Waals surface area contributed by atoms with Gasteiger partial charge < -0.3 is 13.9 Å². The van der Waals surface area contributed by atoms with Crippen molar-refractivity contribution in [1.29, 1.82) is 0 Å². The molecule has 1 heterocycles. The maximum Gasteiger partial charge on any atom is 0.307 e. The Hall–Kier alpha value is -1.04. The highest BCUT2D eigenvalue weighted by atomic mass is 35.5. The van der Waals surface area contributed by atoms with E-state index in [1.54, 1.807) is 19.1 Å². The molecule has 0 saturated carbocycles. The highest BCUT2D eigenvalue weighted by Crippen LogP contribution is 2.29. The molecule has 108 valence electrons. The molecule has 0 aliphatic carbocycles. The van der Waals surface area contributed by atoms with E-state index in [1.807, 2.05) is 16.2 Å². The lowest BCUT2D eigenvalue weighted by molar-refractivity contribution is -0.143. The molecule has 0 aliphatic rings. The molecule has 1 aromatic heterocycles. The summed E-state index contributed by atoms with van der Waals surface area (Å²) in [6, 6.07) is 3.54. The Morgan fingerprint density at radius 3 is 2.50 bits per heavy atom. The van der Waals surface area contributed by atoms with Crippen LogP contribution < -0.4 is 0 Å². The molecule has 0 fully saturated rings. The Morgan fingerprint density at radius 1 is 1.30 bits per heavy atom. The highest BCUT2D eigenvalue weighted by molar-refractivity contribution is 7.71. The lowest BCUT2D eigenvalue weighted by atomic mass is 10.3. The lowest BCUT2D eigenvalue weighted by Crippen LogP contribution is -2.09. The number of nitrogens with zero attached hydrogens (tertiary/aromatic N) is 2. The summed E-state index contributed by atoms with van der Waals surface area (Å²) in [4.78, 5) is 11.5. The van der Waals surface area contributed by atoms with Crippen LogP contribution in [0.1, 0.15) is 13.3 Å². The number of imidazole rings is 1. The smallest absolute Gasteiger partial charge is 0.307 e. The Balaban J connectivity index is 2.43. The zero-order valence-corrected chi connectivity index (χ0v) is 13.5. The Bertz CT molecular complexity index is 721. The number of benzene rings is 1. The quantitative estimate of drug-likeness (QED) is 0.627. The van der Waals surface area contributed by atoms with Gasteiger partial charge in [-0.25, -0.2) is 0 Å². The second-order valence-corrected chi connectivity index (χ2v) is 5.48. The third kappa shape index (κ3) is 2.85. The van der Waals surface area contributed by atoms with Crippen LogP contribution in [0.3, 0.4) is 0 Å². The molecule has 4 nitrogen and oxygen atoms in total. The molecule has 0 aliphatic heterocycles. The van der Waals surface area contributed by atoms with E-state index in [0.29, 0.717) is 28.0 Å². The Kier molecular flexibility index (Phi) is 4.73. The number of hydrogen-bond acceptors (Lipinski definition) is 3. The summed E-state index contributed by atoms with van der Waals surface area (Å²) >= 11 is 17.5. The van der Waals surface area contributed by atoms with Crippen LogP contribution in [0, 0.1) is 4.77 Å². The van der Waals surface area contributed by atoms with E-state index in [9.17, 15) is 4.79 Å². The number of hydrogen-bond donors (Lipinski definition) is 0. The van der Waals surface area contributed by atoms with Crippen molar-refractivity contribution in [2.45, 2.75) is 19.9 Å². The van der Waals surface area contributed by atoms with Crippen molar-refractivity contribution in [2.75, 3.05) is 6.61 Å². The summed E-state index contributed by atoms with van der Waals surface area (Å²) in [5, 5.41) is 0.942. The summed E-state index contributed by atoms with van der Waals surface area (Å²) < 4.78 is 9.25. The van der Waals surface area contributed by atoms with Crippen molar-refractivity contribution in [3.05, 3.63) is 26.9 Å². The third-order valence-corrected chi connectivity index (χ3v) is 4.25. The molecular formula is C13H14Cl2N2O2S. The molecule has 0 amide bonds. The summed E-state index contributed by atoms with van der Waals surface area (Å²) in [5.41, 5.74) is 1.74. The van der Waals surface area contributed by atoms with Gasteiger partial charge in [-0.15, -0.1) is 0 Å². The number of carbonyl (C=O) groups excluding carboxylic acids is 1. The predicted octanol–water partition coefficient (Wildman–Crippen LogP) is 3.97. The first-order valence-electron chi connectivity index (χ1n) is 6.15. The zero-order valence-electron chi connectivity index (χ0n) is 11.2. The van der Waals surface area contributed by atoms with E-state index in [-0.39, 0.29) is 12.4 Å². The molecule has 2 aromatic rings. The first kappa shape index (κ1) is 15.4. The standard InChI is InChI=1S/C13H14Cl2N2O2S/c1-3-19-12(18)4-5-17-11-7-9(15)8(14)6-10(11)16(2)13(17)20/h6-7H,3-5H2,1-2H3. The number of carbonyl (C=O) groups is 1. The van der Waals surface area contributed by atoms with Crippen molar-refractivity contribution in [3.63, 3.8) is 0 Å². The van der Waals surface area contributed by atoms with E-state index in [2.05, 4.69) is 0 Å². The Morgan fingerprint density at radius 2 is 1.90 bits per heavy atom. The summed E-state index contributed by atoms with van der Waals surface area (Å²) in [5.74, 6) is -0.244. The van der Waals surface area contributed by atoms with Crippen molar-refractivity contribution in [3.8, 4) is 0 Å². The largest absolute Gasteiger partial charge is 0.466 e. The summed E-state index contributed by atoms with van der Waals surface area (Å²) in [6.45, 7) is 2.61. The third-order valence-electron chi connectivity index (χ3n) is 3.03. The minimum atomic E-state index is -0.244. The van der Waals surface area contributed by atoms with Gasteiger partial charge in [0.25, 0.3) is 0 Å². The van der Waals surface area contributed by atoms with Crippen LogP contribution in [0.4, 0.5) is 0 Å². The van der Waals surface area contributed by atoms with E-state index < -0.39 is 0 Å². The van der Waals surface area contributed by atoms with Gasteiger partial charge in [0, 0.05) is 13.6 Å².